The first-order chi connectivity index (χ1) is 10.3. The molecule has 0 saturated carbocycles. The summed E-state index contributed by atoms with van der Waals surface area (Å²) in [4.78, 5) is 0. The zero-order chi connectivity index (χ0) is 15.1. The quantitative estimate of drug-likeness (QED) is 0.809. The van der Waals surface area contributed by atoms with Gasteiger partial charge in [-0.05, 0) is 45.0 Å². The van der Waals surface area contributed by atoms with Crippen LogP contribution in [-0.2, 0) is 4.74 Å². The highest BCUT2D eigenvalue weighted by Gasteiger charge is 2.23. The standard InChI is InChI=1S/C17H25N3O/c1-4-12-18-17(14(3)21-5-2)16-11-13-19-20(16)15-9-7-6-8-10-15/h6-11,13-14,17-18H,4-5,12H2,1-3H3. The Morgan fingerprint density at radius 3 is 2.62 bits per heavy atom. The van der Waals surface area contributed by atoms with Crippen LogP contribution >= 0.6 is 0 Å². The van der Waals surface area contributed by atoms with Crippen LogP contribution in [0.15, 0.2) is 42.6 Å². The zero-order valence-electron chi connectivity index (χ0n) is 13.1. The van der Waals surface area contributed by atoms with Crippen molar-refractivity contribution in [2.75, 3.05) is 13.2 Å². The van der Waals surface area contributed by atoms with E-state index in [2.05, 4.69) is 42.5 Å². The summed E-state index contributed by atoms with van der Waals surface area (Å²) >= 11 is 0. The predicted molar refractivity (Wildman–Crippen MR) is 85.7 cm³/mol. The molecule has 2 unspecified atom stereocenters. The fourth-order valence-corrected chi connectivity index (χ4v) is 2.50. The summed E-state index contributed by atoms with van der Waals surface area (Å²) in [5.41, 5.74) is 2.21. The first kappa shape index (κ1) is 15.7. The van der Waals surface area contributed by atoms with Crippen LogP contribution in [-0.4, -0.2) is 29.0 Å². The molecule has 1 aromatic carbocycles. The SMILES string of the molecule is CCCNC(c1ccnn1-c1ccccc1)C(C)OCC. The molecule has 0 aliphatic carbocycles. The van der Waals surface area contributed by atoms with Crippen LogP contribution in [0.2, 0.25) is 0 Å². The van der Waals surface area contributed by atoms with Gasteiger partial charge in [0, 0.05) is 12.8 Å². The van der Waals surface area contributed by atoms with Gasteiger partial charge in [-0.15, -0.1) is 0 Å². The smallest absolute Gasteiger partial charge is 0.0760 e. The highest BCUT2D eigenvalue weighted by Crippen LogP contribution is 2.22. The monoisotopic (exact) mass is 287 g/mol. The third-order valence-electron chi connectivity index (χ3n) is 3.50. The lowest BCUT2D eigenvalue weighted by atomic mass is 10.1. The highest BCUT2D eigenvalue weighted by molar-refractivity contribution is 5.33. The van der Waals surface area contributed by atoms with Crippen LogP contribution in [0.5, 0.6) is 0 Å². The average Bonchev–Trinajstić information content (AvgIpc) is 2.98. The Labute approximate surface area is 127 Å². The topological polar surface area (TPSA) is 39.1 Å². The summed E-state index contributed by atoms with van der Waals surface area (Å²) in [5, 5.41) is 8.06. The largest absolute Gasteiger partial charge is 0.377 e. The van der Waals surface area contributed by atoms with Crippen LogP contribution < -0.4 is 5.32 Å². The number of rotatable bonds is 8. The van der Waals surface area contributed by atoms with E-state index in [1.54, 1.807) is 0 Å². The number of ether oxygens (including phenoxy) is 1. The molecule has 0 radical (unpaired) electrons. The Morgan fingerprint density at radius 1 is 1.19 bits per heavy atom. The molecule has 0 aliphatic rings. The molecule has 0 bridgehead atoms. The fraction of sp³-hybridized carbons (Fsp3) is 0.471. The zero-order valence-corrected chi connectivity index (χ0v) is 13.1. The van der Waals surface area contributed by atoms with Crippen molar-refractivity contribution >= 4 is 0 Å². The first-order valence-corrected chi connectivity index (χ1v) is 7.72. The first-order valence-electron chi connectivity index (χ1n) is 7.72. The molecule has 1 N–H and O–H groups in total. The second-order valence-electron chi connectivity index (χ2n) is 5.10. The Morgan fingerprint density at radius 2 is 1.95 bits per heavy atom. The minimum atomic E-state index is 0.0979. The number of benzene rings is 1. The van der Waals surface area contributed by atoms with Crippen molar-refractivity contribution in [1.29, 1.82) is 0 Å². The van der Waals surface area contributed by atoms with E-state index in [1.807, 2.05) is 36.0 Å². The number of hydrogen-bond donors (Lipinski definition) is 1. The van der Waals surface area contributed by atoms with Gasteiger partial charge in [0.1, 0.15) is 0 Å². The molecule has 4 heteroatoms. The molecule has 0 aliphatic heterocycles. The molecule has 0 spiro atoms. The second-order valence-corrected chi connectivity index (χ2v) is 5.10. The Hall–Kier alpha value is -1.65. The maximum atomic E-state index is 5.81. The van der Waals surface area contributed by atoms with Crippen molar-refractivity contribution < 1.29 is 4.74 Å². The summed E-state index contributed by atoms with van der Waals surface area (Å²) in [6.07, 6.45) is 3.04. The minimum absolute atomic E-state index is 0.0979. The molecule has 0 fully saturated rings. The number of nitrogens with one attached hydrogen (secondary N) is 1. The van der Waals surface area contributed by atoms with Gasteiger partial charge in [0.25, 0.3) is 0 Å². The van der Waals surface area contributed by atoms with E-state index in [9.17, 15) is 0 Å². The van der Waals surface area contributed by atoms with Gasteiger partial charge in [0.05, 0.1) is 23.5 Å². The number of hydrogen-bond acceptors (Lipinski definition) is 3. The highest BCUT2D eigenvalue weighted by atomic mass is 16.5. The third-order valence-corrected chi connectivity index (χ3v) is 3.50. The summed E-state index contributed by atoms with van der Waals surface area (Å²) in [6, 6.07) is 12.4. The molecule has 0 saturated heterocycles. The molecule has 2 atom stereocenters. The molecule has 2 aromatic rings. The average molecular weight is 287 g/mol. The Balaban J connectivity index is 2.30. The van der Waals surface area contributed by atoms with Crippen LogP contribution in [0.25, 0.3) is 5.69 Å². The molecule has 114 valence electrons. The van der Waals surface area contributed by atoms with Crippen LogP contribution in [0.4, 0.5) is 0 Å². The van der Waals surface area contributed by atoms with Crippen molar-refractivity contribution in [2.24, 2.45) is 0 Å². The van der Waals surface area contributed by atoms with E-state index in [-0.39, 0.29) is 12.1 Å². The van der Waals surface area contributed by atoms with Gasteiger partial charge < -0.3 is 10.1 Å². The molecule has 1 aromatic heterocycles. The molecular weight excluding hydrogens is 262 g/mol. The fourth-order valence-electron chi connectivity index (χ4n) is 2.50. The van der Waals surface area contributed by atoms with Crippen molar-refractivity contribution in [3.8, 4) is 5.69 Å². The van der Waals surface area contributed by atoms with E-state index < -0.39 is 0 Å². The maximum absolute atomic E-state index is 5.81. The molecule has 4 nitrogen and oxygen atoms in total. The molecular formula is C17H25N3O. The number of para-hydroxylation sites is 1. The Kier molecular flexibility index (Phi) is 5.96. The van der Waals surface area contributed by atoms with Gasteiger partial charge in [-0.25, -0.2) is 4.68 Å². The summed E-state index contributed by atoms with van der Waals surface area (Å²) in [6.45, 7) is 7.98. The van der Waals surface area contributed by atoms with Crippen LogP contribution in [0.3, 0.4) is 0 Å². The van der Waals surface area contributed by atoms with Gasteiger partial charge in [-0.1, -0.05) is 25.1 Å². The second kappa shape index (κ2) is 7.96. The van der Waals surface area contributed by atoms with E-state index in [0.717, 1.165) is 24.3 Å². The van der Waals surface area contributed by atoms with E-state index in [1.165, 1.54) is 0 Å². The maximum Gasteiger partial charge on any atom is 0.0760 e. The lowest BCUT2D eigenvalue weighted by Gasteiger charge is -2.26. The van der Waals surface area contributed by atoms with Crippen molar-refractivity contribution in [3.63, 3.8) is 0 Å². The summed E-state index contributed by atoms with van der Waals surface area (Å²) in [5.74, 6) is 0. The molecule has 2 rings (SSSR count). The minimum Gasteiger partial charge on any atom is -0.377 e. The summed E-state index contributed by atoms with van der Waals surface area (Å²) < 4.78 is 7.80. The van der Waals surface area contributed by atoms with E-state index in [0.29, 0.717) is 6.61 Å². The normalized spacial score (nSPS) is 14.0. The van der Waals surface area contributed by atoms with Gasteiger partial charge in [0.2, 0.25) is 0 Å². The predicted octanol–water partition coefficient (Wildman–Crippen LogP) is 3.34. The van der Waals surface area contributed by atoms with Gasteiger partial charge in [-0.3, -0.25) is 0 Å². The third kappa shape index (κ3) is 3.93. The van der Waals surface area contributed by atoms with Gasteiger partial charge in [0.15, 0.2) is 0 Å². The lowest BCUT2D eigenvalue weighted by molar-refractivity contribution is 0.0455. The van der Waals surface area contributed by atoms with E-state index in [4.69, 9.17) is 4.74 Å². The van der Waals surface area contributed by atoms with Gasteiger partial charge in [-0.2, -0.15) is 5.10 Å². The Bertz CT molecular complexity index is 524. The van der Waals surface area contributed by atoms with Crippen molar-refractivity contribution in [1.82, 2.24) is 15.1 Å². The molecule has 1 heterocycles. The number of aromatic nitrogens is 2. The number of nitrogens with zero attached hydrogens (tertiary/aromatic N) is 2. The van der Waals surface area contributed by atoms with Crippen LogP contribution in [0.1, 0.15) is 38.9 Å². The summed E-state index contributed by atoms with van der Waals surface area (Å²) in [7, 11) is 0. The van der Waals surface area contributed by atoms with Crippen molar-refractivity contribution in [2.45, 2.75) is 39.3 Å². The lowest BCUT2D eigenvalue weighted by Crippen LogP contribution is -2.34. The van der Waals surface area contributed by atoms with Crippen LogP contribution in [0, 0.1) is 0 Å². The molecule has 0 amide bonds. The van der Waals surface area contributed by atoms with E-state index >= 15 is 0 Å². The molecule has 21 heavy (non-hydrogen) atoms. The van der Waals surface area contributed by atoms with Crippen molar-refractivity contribution in [3.05, 3.63) is 48.3 Å². The van der Waals surface area contributed by atoms with Gasteiger partial charge >= 0.3 is 0 Å².